The Bertz CT molecular complexity index is 1030. The largest absolute Gasteiger partial charge is 0.486 e. The molecule has 1 aliphatic rings. The standard InChI is InChI=1S/C24H23Cl2FN2O4/c1-2-24(28-23(31)16-33-19-5-3-17(25)4-6-19)9-11-29(12-10-24)14-18(30)15-32-20-7-8-21(26)22(27)13-20/h1,3-8,13H,9-12,14-16H2,(H,28,31). The Kier molecular flexibility index (Phi) is 8.56. The maximum Gasteiger partial charge on any atom is 0.259 e. The van der Waals surface area contributed by atoms with Crippen LogP contribution in [0.2, 0.25) is 10.0 Å². The first-order chi connectivity index (χ1) is 15.8. The summed E-state index contributed by atoms with van der Waals surface area (Å²) in [5.74, 6) is 2.38. The van der Waals surface area contributed by atoms with Gasteiger partial charge >= 0.3 is 0 Å². The fourth-order valence-corrected chi connectivity index (χ4v) is 3.65. The quantitative estimate of drug-likeness (QED) is 0.540. The predicted octanol–water partition coefficient (Wildman–Crippen LogP) is 3.74. The SMILES string of the molecule is C#CC1(NC(=O)COc2ccc(Cl)cc2)CCN(CC(=O)COc2ccc(Cl)c(F)c2)CC1. The van der Waals surface area contributed by atoms with Gasteiger partial charge in [-0.25, -0.2) is 4.39 Å². The lowest BCUT2D eigenvalue weighted by Crippen LogP contribution is -2.56. The lowest BCUT2D eigenvalue weighted by molar-refractivity contribution is -0.126. The number of hydrogen-bond acceptors (Lipinski definition) is 5. The lowest BCUT2D eigenvalue weighted by atomic mass is 9.88. The van der Waals surface area contributed by atoms with Crippen molar-refractivity contribution < 1.29 is 23.5 Å². The number of carbonyl (C=O) groups excluding carboxylic acids is 2. The van der Waals surface area contributed by atoms with Crippen LogP contribution in [0.25, 0.3) is 0 Å². The minimum absolute atomic E-state index is 0.0115. The van der Waals surface area contributed by atoms with Gasteiger partial charge < -0.3 is 14.8 Å². The zero-order chi connectivity index (χ0) is 23.8. The molecule has 33 heavy (non-hydrogen) atoms. The Morgan fingerprint density at radius 3 is 2.33 bits per heavy atom. The highest BCUT2D eigenvalue weighted by atomic mass is 35.5. The molecule has 174 valence electrons. The molecule has 1 heterocycles. The zero-order valence-corrected chi connectivity index (χ0v) is 19.3. The van der Waals surface area contributed by atoms with Gasteiger partial charge in [0.25, 0.3) is 5.91 Å². The number of amides is 1. The van der Waals surface area contributed by atoms with Crippen molar-refractivity contribution in [2.75, 3.05) is 32.8 Å². The van der Waals surface area contributed by atoms with Crippen LogP contribution in [0.5, 0.6) is 11.5 Å². The average molecular weight is 493 g/mol. The van der Waals surface area contributed by atoms with Gasteiger partial charge in [0.05, 0.1) is 11.6 Å². The molecule has 0 spiro atoms. The molecule has 0 aliphatic carbocycles. The van der Waals surface area contributed by atoms with Gasteiger partial charge in [0, 0.05) is 24.2 Å². The van der Waals surface area contributed by atoms with Gasteiger partial charge in [-0.05, 0) is 49.2 Å². The number of piperidine rings is 1. The predicted molar refractivity (Wildman–Crippen MR) is 124 cm³/mol. The van der Waals surface area contributed by atoms with Crippen LogP contribution in [0.15, 0.2) is 42.5 Å². The summed E-state index contributed by atoms with van der Waals surface area (Å²) >= 11 is 11.5. The number of hydrogen-bond donors (Lipinski definition) is 1. The van der Waals surface area contributed by atoms with Crippen molar-refractivity contribution in [1.29, 1.82) is 0 Å². The van der Waals surface area contributed by atoms with Gasteiger partial charge in [-0.3, -0.25) is 14.5 Å². The number of terminal acetylenes is 1. The molecule has 0 saturated carbocycles. The van der Waals surface area contributed by atoms with Gasteiger partial charge in [0.2, 0.25) is 0 Å². The first kappa shape index (κ1) is 24.8. The molecule has 0 aromatic heterocycles. The van der Waals surface area contributed by atoms with Crippen LogP contribution in [-0.4, -0.2) is 55.0 Å². The summed E-state index contributed by atoms with van der Waals surface area (Å²) in [7, 11) is 0. The molecule has 9 heteroatoms. The van der Waals surface area contributed by atoms with E-state index in [1.165, 1.54) is 12.1 Å². The van der Waals surface area contributed by atoms with Gasteiger partial charge in [0.1, 0.15) is 29.5 Å². The minimum atomic E-state index is -0.794. The van der Waals surface area contributed by atoms with E-state index in [4.69, 9.17) is 39.1 Å². The highest BCUT2D eigenvalue weighted by Crippen LogP contribution is 2.23. The van der Waals surface area contributed by atoms with Crippen LogP contribution in [-0.2, 0) is 9.59 Å². The van der Waals surface area contributed by atoms with Crippen LogP contribution in [0, 0.1) is 18.2 Å². The Labute approximate surface area is 201 Å². The van der Waals surface area contributed by atoms with Crippen LogP contribution < -0.4 is 14.8 Å². The second-order valence-corrected chi connectivity index (χ2v) is 8.54. The Morgan fingerprint density at radius 2 is 1.70 bits per heavy atom. The molecule has 0 atom stereocenters. The molecular formula is C24H23Cl2FN2O4. The van der Waals surface area contributed by atoms with E-state index in [1.54, 1.807) is 24.3 Å². The number of likely N-dealkylation sites (tertiary alicyclic amines) is 1. The third-order valence-corrected chi connectivity index (χ3v) is 5.80. The van der Waals surface area contributed by atoms with Crippen molar-refractivity contribution in [2.45, 2.75) is 18.4 Å². The molecule has 1 fully saturated rings. The number of Topliss-reactive ketones (excluding diaryl/α,β-unsaturated/α-hetero) is 1. The Morgan fingerprint density at radius 1 is 1.06 bits per heavy atom. The zero-order valence-electron chi connectivity index (χ0n) is 17.8. The number of nitrogens with zero attached hydrogens (tertiary/aromatic N) is 1. The molecule has 1 aliphatic heterocycles. The number of rotatable bonds is 9. The van der Waals surface area contributed by atoms with Crippen LogP contribution in [0.1, 0.15) is 12.8 Å². The Balaban J connectivity index is 1.42. The summed E-state index contributed by atoms with van der Waals surface area (Å²) in [6.07, 6.45) is 6.71. The van der Waals surface area contributed by atoms with E-state index in [-0.39, 0.29) is 42.2 Å². The summed E-state index contributed by atoms with van der Waals surface area (Å²) in [6.45, 7) is 0.880. The monoisotopic (exact) mass is 492 g/mol. The van der Waals surface area contributed by atoms with Crippen LogP contribution in [0.3, 0.4) is 0 Å². The van der Waals surface area contributed by atoms with E-state index in [2.05, 4.69) is 11.2 Å². The number of ketones is 1. The van der Waals surface area contributed by atoms with Crippen molar-refractivity contribution in [3.8, 4) is 23.8 Å². The van der Waals surface area contributed by atoms with Crippen molar-refractivity contribution in [1.82, 2.24) is 10.2 Å². The number of benzene rings is 2. The third kappa shape index (κ3) is 7.36. The highest BCUT2D eigenvalue weighted by Gasteiger charge is 2.34. The third-order valence-electron chi connectivity index (χ3n) is 5.24. The molecule has 2 aromatic rings. The molecule has 1 saturated heterocycles. The summed E-state index contributed by atoms with van der Waals surface area (Å²) < 4.78 is 24.3. The van der Waals surface area contributed by atoms with Crippen molar-refractivity contribution in [2.24, 2.45) is 0 Å². The van der Waals surface area contributed by atoms with Crippen molar-refractivity contribution in [3.05, 3.63) is 58.3 Å². The topological polar surface area (TPSA) is 67.9 Å². The first-order valence-electron chi connectivity index (χ1n) is 10.3. The van der Waals surface area contributed by atoms with E-state index < -0.39 is 11.4 Å². The first-order valence-corrected chi connectivity index (χ1v) is 11.0. The average Bonchev–Trinajstić information content (AvgIpc) is 2.81. The number of halogens is 3. The second kappa shape index (κ2) is 11.4. The van der Waals surface area contributed by atoms with E-state index in [9.17, 15) is 14.0 Å². The summed E-state index contributed by atoms with van der Waals surface area (Å²) in [5.41, 5.74) is -0.794. The molecule has 0 unspecified atom stereocenters. The molecule has 0 bridgehead atoms. The highest BCUT2D eigenvalue weighted by molar-refractivity contribution is 6.31. The number of carbonyl (C=O) groups is 2. The maximum absolute atomic E-state index is 13.5. The van der Waals surface area contributed by atoms with Crippen molar-refractivity contribution in [3.63, 3.8) is 0 Å². The maximum atomic E-state index is 13.5. The van der Waals surface area contributed by atoms with Gasteiger partial charge in [0.15, 0.2) is 12.4 Å². The smallest absolute Gasteiger partial charge is 0.259 e. The van der Waals surface area contributed by atoms with E-state index >= 15 is 0 Å². The van der Waals surface area contributed by atoms with E-state index in [0.717, 1.165) is 6.07 Å². The van der Waals surface area contributed by atoms with Crippen LogP contribution in [0.4, 0.5) is 4.39 Å². The minimum Gasteiger partial charge on any atom is -0.486 e. The van der Waals surface area contributed by atoms with Gasteiger partial charge in [-0.15, -0.1) is 6.42 Å². The fourth-order valence-electron chi connectivity index (χ4n) is 3.41. The van der Waals surface area contributed by atoms with Gasteiger partial charge in [-0.2, -0.15) is 0 Å². The molecule has 6 nitrogen and oxygen atoms in total. The summed E-state index contributed by atoms with van der Waals surface area (Å²) in [5, 5.41) is 3.45. The molecule has 3 rings (SSSR count). The number of nitrogens with one attached hydrogen (secondary N) is 1. The van der Waals surface area contributed by atoms with Crippen LogP contribution >= 0.6 is 23.2 Å². The number of ether oxygens (including phenoxy) is 2. The summed E-state index contributed by atoms with van der Waals surface area (Å²) in [4.78, 5) is 26.6. The fraction of sp³-hybridized carbons (Fsp3) is 0.333. The van der Waals surface area contributed by atoms with E-state index in [1.807, 2.05) is 4.90 Å². The normalized spacial score (nSPS) is 15.3. The lowest BCUT2D eigenvalue weighted by Gasteiger charge is -2.38. The molecule has 1 amide bonds. The van der Waals surface area contributed by atoms with Gasteiger partial charge in [-0.1, -0.05) is 29.1 Å². The molecular weight excluding hydrogens is 470 g/mol. The van der Waals surface area contributed by atoms with Crippen molar-refractivity contribution >= 4 is 34.9 Å². The van der Waals surface area contributed by atoms with E-state index in [0.29, 0.717) is 36.7 Å². The molecule has 2 aromatic carbocycles. The summed E-state index contributed by atoms with van der Waals surface area (Å²) in [6, 6.07) is 10.7. The second-order valence-electron chi connectivity index (χ2n) is 7.70. The molecule has 0 radical (unpaired) electrons. The molecule has 1 N–H and O–H groups in total. The Hall–Kier alpha value is -2.79.